The van der Waals surface area contributed by atoms with Gasteiger partial charge < -0.3 is 14.2 Å². The van der Waals surface area contributed by atoms with Crippen molar-refractivity contribution in [1.82, 2.24) is 0 Å². The molecule has 0 radical (unpaired) electrons. The van der Waals surface area contributed by atoms with E-state index in [9.17, 15) is 9.59 Å². The lowest BCUT2D eigenvalue weighted by Crippen LogP contribution is -2.30. The van der Waals surface area contributed by atoms with Gasteiger partial charge in [-0.15, -0.1) is 0 Å². The molecule has 0 fully saturated rings. The Bertz CT molecular complexity index is 952. The van der Waals surface area contributed by atoms with Crippen LogP contribution < -0.4 is 0 Å². The molecule has 0 rings (SSSR count). The Morgan fingerprint density at radius 2 is 0.485 bits per heavy atom. The van der Waals surface area contributed by atoms with Crippen LogP contribution in [0.15, 0.2) is 0 Å². The molecule has 0 aliphatic carbocycles. The molecule has 68 heavy (non-hydrogen) atoms. The van der Waals surface area contributed by atoms with Crippen LogP contribution in [-0.2, 0) is 23.8 Å². The van der Waals surface area contributed by atoms with Gasteiger partial charge in [0.05, 0.1) is 6.61 Å². The second-order valence-corrected chi connectivity index (χ2v) is 21.7. The molecule has 0 N–H and O–H groups in total. The molecule has 5 nitrogen and oxygen atoms in total. The highest BCUT2D eigenvalue weighted by atomic mass is 16.6. The summed E-state index contributed by atoms with van der Waals surface area (Å²) in [5.41, 5.74) is 0. The van der Waals surface area contributed by atoms with Crippen LogP contribution in [0.4, 0.5) is 0 Å². The van der Waals surface area contributed by atoms with Crippen LogP contribution in [-0.4, -0.2) is 37.9 Å². The van der Waals surface area contributed by atoms with Crippen LogP contribution in [0.2, 0.25) is 0 Å². The standard InChI is InChI=1S/C63H124O5/c1-4-7-10-13-16-19-22-25-28-31-34-37-40-43-46-49-52-55-58-66-59-61(68-63(65)57-54-51-48-45-42-39-36-33-30-27-24-21-18-15-12-9-6-3)60-67-62(64)56-53-50-47-44-41-38-35-32-29-26-23-20-17-14-11-8-5-2/h61H,4-60H2,1-3H3/t61-/m1/s1. The summed E-state index contributed by atoms with van der Waals surface area (Å²) in [6.45, 7) is 7.94. The molecule has 406 valence electrons. The summed E-state index contributed by atoms with van der Waals surface area (Å²) in [4.78, 5) is 25.6. The first-order valence-electron chi connectivity index (χ1n) is 31.6. The number of hydrogen-bond donors (Lipinski definition) is 0. The fraction of sp³-hybridized carbons (Fsp3) is 0.968. The fourth-order valence-corrected chi connectivity index (χ4v) is 9.93. The Kier molecular flexibility index (Phi) is 59.2. The minimum Gasteiger partial charge on any atom is -0.462 e. The zero-order chi connectivity index (χ0) is 49.2. The van der Waals surface area contributed by atoms with E-state index in [1.54, 1.807) is 0 Å². The number of rotatable bonds is 60. The number of unbranched alkanes of at least 4 members (excludes halogenated alkanes) is 49. The zero-order valence-corrected chi connectivity index (χ0v) is 46.9. The molecule has 0 aromatic carbocycles. The van der Waals surface area contributed by atoms with Gasteiger partial charge in [-0.3, -0.25) is 9.59 Å². The molecule has 0 aromatic rings. The van der Waals surface area contributed by atoms with Gasteiger partial charge in [0.15, 0.2) is 6.10 Å². The summed E-state index contributed by atoms with van der Waals surface area (Å²) in [6, 6.07) is 0. The minimum atomic E-state index is -0.525. The van der Waals surface area contributed by atoms with Gasteiger partial charge in [0.2, 0.25) is 0 Å². The van der Waals surface area contributed by atoms with Gasteiger partial charge in [-0.25, -0.2) is 0 Å². The summed E-state index contributed by atoms with van der Waals surface area (Å²) in [7, 11) is 0. The minimum absolute atomic E-state index is 0.0989. The zero-order valence-electron chi connectivity index (χ0n) is 46.9. The third-order valence-corrected chi connectivity index (χ3v) is 14.6. The summed E-state index contributed by atoms with van der Waals surface area (Å²) >= 11 is 0. The first-order valence-corrected chi connectivity index (χ1v) is 31.6. The lowest BCUT2D eigenvalue weighted by Gasteiger charge is -2.18. The molecule has 0 heterocycles. The van der Waals surface area contributed by atoms with Crippen LogP contribution >= 0.6 is 0 Å². The third kappa shape index (κ3) is 57.5. The van der Waals surface area contributed by atoms with Crippen molar-refractivity contribution in [3.8, 4) is 0 Å². The molecule has 5 heteroatoms. The molecule has 0 amide bonds. The average Bonchev–Trinajstić information content (AvgIpc) is 3.34. The molecule has 0 spiro atoms. The lowest BCUT2D eigenvalue weighted by molar-refractivity contribution is -0.163. The van der Waals surface area contributed by atoms with Gasteiger partial charge in [0.1, 0.15) is 6.61 Å². The molecule has 0 bridgehead atoms. The largest absolute Gasteiger partial charge is 0.462 e. The van der Waals surface area contributed by atoms with Crippen LogP contribution in [0.1, 0.15) is 367 Å². The number of hydrogen-bond acceptors (Lipinski definition) is 5. The predicted molar refractivity (Wildman–Crippen MR) is 298 cm³/mol. The van der Waals surface area contributed by atoms with Crippen molar-refractivity contribution in [2.45, 2.75) is 374 Å². The Morgan fingerprint density at radius 1 is 0.265 bits per heavy atom. The SMILES string of the molecule is CCCCCCCCCCCCCCCCCCCCOC[C@H](COC(=O)CCCCCCCCCCCCCCCCCCC)OC(=O)CCCCCCCCCCCCCCCCCCC. The fourth-order valence-electron chi connectivity index (χ4n) is 9.93. The van der Waals surface area contributed by atoms with Gasteiger partial charge in [0, 0.05) is 19.4 Å². The van der Waals surface area contributed by atoms with Crippen molar-refractivity contribution in [2.24, 2.45) is 0 Å². The van der Waals surface area contributed by atoms with E-state index in [2.05, 4.69) is 20.8 Å². The van der Waals surface area contributed by atoms with E-state index in [0.717, 1.165) is 32.1 Å². The number of esters is 2. The second-order valence-electron chi connectivity index (χ2n) is 21.7. The summed E-state index contributed by atoms with van der Waals surface area (Å²) in [6.07, 6.45) is 69.9. The van der Waals surface area contributed by atoms with Crippen molar-refractivity contribution in [3.05, 3.63) is 0 Å². The Morgan fingerprint density at radius 3 is 0.750 bits per heavy atom. The molecular weight excluding hydrogens is 837 g/mol. The summed E-state index contributed by atoms with van der Waals surface area (Å²) in [5.74, 6) is -0.361. The molecule has 0 saturated heterocycles. The number of carbonyl (C=O) groups is 2. The maximum absolute atomic E-state index is 12.9. The Hall–Kier alpha value is -1.10. The van der Waals surface area contributed by atoms with E-state index in [4.69, 9.17) is 14.2 Å². The van der Waals surface area contributed by atoms with E-state index >= 15 is 0 Å². The third-order valence-electron chi connectivity index (χ3n) is 14.6. The van der Waals surface area contributed by atoms with Crippen molar-refractivity contribution in [2.75, 3.05) is 19.8 Å². The van der Waals surface area contributed by atoms with Crippen molar-refractivity contribution in [3.63, 3.8) is 0 Å². The number of carbonyl (C=O) groups excluding carboxylic acids is 2. The molecule has 0 aromatic heterocycles. The lowest BCUT2D eigenvalue weighted by atomic mass is 10.0. The van der Waals surface area contributed by atoms with Crippen LogP contribution in [0.25, 0.3) is 0 Å². The van der Waals surface area contributed by atoms with Crippen LogP contribution in [0.3, 0.4) is 0 Å². The van der Waals surface area contributed by atoms with Crippen molar-refractivity contribution >= 4 is 11.9 Å². The highest BCUT2D eigenvalue weighted by molar-refractivity contribution is 5.70. The van der Waals surface area contributed by atoms with Crippen LogP contribution in [0, 0.1) is 0 Å². The predicted octanol–water partition coefficient (Wildman–Crippen LogP) is 21.6. The normalized spacial score (nSPS) is 12.0. The first kappa shape index (κ1) is 66.9. The van der Waals surface area contributed by atoms with E-state index in [-0.39, 0.29) is 18.5 Å². The van der Waals surface area contributed by atoms with Gasteiger partial charge in [0.25, 0.3) is 0 Å². The molecule has 0 saturated carbocycles. The Labute approximate surface area is 427 Å². The molecule has 0 aliphatic heterocycles. The maximum Gasteiger partial charge on any atom is 0.306 e. The second kappa shape index (κ2) is 60.2. The monoisotopic (exact) mass is 961 g/mol. The molecule has 1 atom stereocenters. The Balaban J connectivity index is 4.18. The van der Waals surface area contributed by atoms with E-state index in [1.807, 2.05) is 0 Å². The summed E-state index contributed by atoms with van der Waals surface area (Å²) < 4.78 is 17.6. The smallest absolute Gasteiger partial charge is 0.306 e. The van der Waals surface area contributed by atoms with E-state index < -0.39 is 6.10 Å². The van der Waals surface area contributed by atoms with Gasteiger partial charge >= 0.3 is 11.9 Å². The molecule has 0 unspecified atom stereocenters. The topological polar surface area (TPSA) is 61.8 Å². The average molecular weight is 962 g/mol. The van der Waals surface area contributed by atoms with Crippen LogP contribution in [0.5, 0.6) is 0 Å². The summed E-state index contributed by atoms with van der Waals surface area (Å²) in [5, 5.41) is 0. The van der Waals surface area contributed by atoms with E-state index in [0.29, 0.717) is 26.1 Å². The van der Waals surface area contributed by atoms with E-state index in [1.165, 1.54) is 302 Å². The van der Waals surface area contributed by atoms with Crippen molar-refractivity contribution in [1.29, 1.82) is 0 Å². The molecule has 0 aliphatic rings. The maximum atomic E-state index is 12.9. The van der Waals surface area contributed by atoms with Gasteiger partial charge in [-0.2, -0.15) is 0 Å². The van der Waals surface area contributed by atoms with Crippen molar-refractivity contribution < 1.29 is 23.8 Å². The van der Waals surface area contributed by atoms with Gasteiger partial charge in [-0.1, -0.05) is 335 Å². The van der Waals surface area contributed by atoms with Gasteiger partial charge in [-0.05, 0) is 19.3 Å². The molecular formula is C63H124O5. The number of ether oxygens (including phenoxy) is 3. The highest BCUT2D eigenvalue weighted by Crippen LogP contribution is 2.18. The first-order chi connectivity index (χ1) is 33.6. The quantitative estimate of drug-likeness (QED) is 0.0449. The highest BCUT2D eigenvalue weighted by Gasteiger charge is 2.18.